The molecule has 0 amide bonds. The van der Waals surface area contributed by atoms with Gasteiger partial charge in [0.15, 0.2) is 6.71 Å². The monoisotopic (exact) mass is 120 g/mol. The second-order valence-electron chi connectivity index (χ2n) is 2.86. The fourth-order valence-corrected chi connectivity index (χ4v) is 1.10. The van der Waals surface area contributed by atoms with Crippen molar-refractivity contribution in [3.63, 3.8) is 0 Å². The molecule has 0 nitrogen and oxygen atoms in total. The highest BCUT2D eigenvalue weighted by Crippen LogP contribution is 2.13. The van der Waals surface area contributed by atoms with Gasteiger partial charge in [0.2, 0.25) is 0 Å². The zero-order valence-corrected chi connectivity index (χ0v) is 6.22. The number of hydrogen-bond donors (Lipinski definition) is 0. The normalized spacial score (nSPS) is 17.3. The Labute approximate surface area is 57.7 Å². The van der Waals surface area contributed by atoms with Crippen molar-refractivity contribution in [3.8, 4) is 0 Å². The summed E-state index contributed by atoms with van der Waals surface area (Å²) in [5, 5.41) is 0. The molecule has 0 N–H and O–H groups in total. The first-order chi connectivity index (χ1) is 4.30. The predicted octanol–water partition coefficient (Wildman–Crippen LogP) is 2.56. The van der Waals surface area contributed by atoms with Gasteiger partial charge in [-0.05, 0) is 12.8 Å². The van der Waals surface area contributed by atoms with Crippen LogP contribution >= 0.6 is 0 Å². The molecule has 0 atom stereocenters. The Morgan fingerprint density at radius 1 is 1.44 bits per heavy atom. The van der Waals surface area contributed by atoms with E-state index in [2.05, 4.69) is 31.9 Å². The predicted molar refractivity (Wildman–Crippen MR) is 43.9 cm³/mol. The number of allylic oxidation sites excluding steroid dienone is 4. The minimum absolute atomic E-state index is 0.745. The summed E-state index contributed by atoms with van der Waals surface area (Å²) in [5.74, 6) is 0. The van der Waals surface area contributed by atoms with Crippen LogP contribution in [0.3, 0.4) is 0 Å². The van der Waals surface area contributed by atoms with Gasteiger partial charge >= 0.3 is 0 Å². The van der Waals surface area contributed by atoms with Crippen LogP contribution in [-0.2, 0) is 0 Å². The van der Waals surface area contributed by atoms with Crippen molar-refractivity contribution in [2.75, 3.05) is 0 Å². The van der Waals surface area contributed by atoms with Crippen LogP contribution in [0, 0.1) is 0 Å². The summed E-state index contributed by atoms with van der Waals surface area (Å²) < 4.78 is 0. The van der Waals surface area contributed by atoms with Crippen LogP contribution in [-0.4, -0.2) is 6.71 Å². The zero-order valence-electron chi connectivity index (χ0n) is 6.22. The molecular formula is C8H13B. The van der Waals surface area contributed by atoms with Crippen LogP contribution in [0.1, 0.15) is 12.8 Å². The largest absolute Gasteiger partial charge is 0.164 e. The maximum atomic E-state index is 2.25. The summed E-state index contributed by atoms with van der Waals surface area (Å²) >= 11 is 0. The molecule has 9 heavy (non-hydrogen) atoms. The highest BCUT2D eigenvalue weighted by Gasteiger charge is 2.05. The van der Waals surface area contributed by atoms with Gasteiger partial charge in [0.1, 0.15) is 0 Å². The van der Waals surface area contributed by atoms with Crippen LogP contribution in [0.4, 0.5) is 0 Å². The highest BCUT2D eigenvalue weighted by atomic mass is 13.9. The lowest BCUT2D eigenvalue weighted by atomic mass is 9.47. The van der Waals surface area contributed by atoms with Gasteiger partial charge < -0.3 is 0 Å². The fraction of sp³-hybridized carbons (Fsp3) is 0.500. The lowest BCUT2D eigenvalue weighted by molar-refractivity contribution is 1.01. The van der Waals surface area contributed by atoms with Crippen LogP contribution < -0.4 is 0 Å². The molecule has 1 heteroatoms. The Morgan fingerprint density at radius 3 is 2.56 bits per heavy atom. The second-order valence-corrected chi connectivity index (χ2v) is 2.86. The molecule has 48 valence electrons. The van der Waals surface area contributed by atoms with Gasteiger partial charge in [0, 0.05) is 0 Å². The van der Waals surface area contributed by atoms with E-state index in [0.29, 0.717) is 0 Å². The van der Waals surface area contributed by atoms with Gasteiger partial charge in [0.05, 0.1) is 0 Å². The Balaban J connectivity index is 2.57. The first kappa shape index (κ1) is 6.66. The molecule has 0 fully saturated rings. The average Bonchev–Trinajstić information content (AvgIpc) is 1.90. The SMILES string of the molecule is CB(C)C1=CC=CCC1. The lowest BCUT2D eigenvalue weighted by Crippen LogP contribution is -2.06. The van der Waals surface area contributed by atoms with E-state index in [-0.39, 0.29) is 0 Å². The minimum atomic E-state index is 0.745. The van der Waals surface area contributed by atoms with Crippen LogP contribution in [0.5, 0.6) is 0 Å². The molecule has 0 aromatic carbocycles. The van der Waals surface area contributed by atoms with E-state index in [0.717, 1.165) is 6.71 Å². The molecule has 0 spiro atoms. The molecule has 0 saturated carbocycles. The third kappa shape index (κ3) is 1.74. The summed E-state index contributed by atoms with van der Waals surface area (Å²) in [5.41, 5.74) is 1.59. The van der Waals surface area contributed by atoms with Crippen LogP contribution in [0.25, 0.3) is 0 Å². The molecule has 0 aromatic heterocycles. The second kappa shape index (κ2) is 2.91. The summed E-state index contributed by atoms with van der Waals surface area (Å²) in [6.07, 6.45) is 9.15. The third-order valence-corrected chi connectivity index (χ3v) is 1.79. The topological polar surface area (TPSA) is 0 Å². The van der Waals surface area contributed by atoms with E-state index < -0.39 is 0 Å². The van der Waals surface area contributed by atoms with E-state index >= 15 is 0 Å². The molecule has 0 radical (unpaired) electrons. The first-order valence-corrected chi connectivity index (χ1v) is 3.66. The number of rotatable bonds is 1. The summed E-state index contributed by atoms with van der Waals surface area (Å²) in [6, 6.07) is 0. The fourth-order valence-electron chi connectivity index (χ4n) is 1.10. The quantitative estimate of drug-likeness (QED) is 0.466. The van der Waals surface area contributed by atoms with Gasteiger partial charge in [-0.15, -0.1) is 5.47 Å². The van der Waals surface area contributed by atoms with Crippen molar-refractivity contribution in [3.05, 3.63) is 23.7 Å². The number of hydrogen-bond acceptors (Lipinski definition) is 0. The van der Waals surface area contributed by atoms with Crippen molar-refractivity contribution in [2.24, 2.45) is 0 Å². The van der Waals surface area contributed by atoms with Gasteiger partial charge in [-0.1, -0.05) is 31.9 Å². The van der Waals surface area contributed by atoms with Crippen molar-refractivity contribution in [2.45, 2.75) is 26.5 Å². The molecule has 0 aromatic rings. The first-order valence-electron chi connectivity index (χ1n) is 3.66. The molecule has 0 unspecified atom stereocenters. The van der Waals surface area contributed by atoms with Crippen LogP contribution in [0.2, 0.25) is 13.6 Å². The standard InChI is InChI=1S/C8H13B/c1-9(2)8-6-4-3-5-7-8/h3-4,6H,5,7H2,1-2H3. The van der Waals surface area contributed by atoms with Crippen molar-refractivity contribution >= 4 is 6.71 Å². The van der Waals surface area contributed by atoms with E-state index in [1.165, 1.54) is 12.8 Å². The molecule has 0 aliphatic heterocycles. The molecule has 0 saturated heterocycles. The summed E-state index contributed by atoms with van der Waals surface area (Å²) in [6.45, 7) is 5.26. The Bertz CT molecular complexity index is 143. The molecular weight excluding hydrogens is 107 g/mol. The molecule has 0 heterocycles. The van der Waals surface area contributed by atoms with Gasteiger partial charge in [-0.25, -0.2) is 0 Å². The third-order valence-electron chi connectivity index (χ3n) is 1.79. The van der Waals surface area contributed by atoms with Crippen molar-refractivity contribution in [1.29, 1.82) is 0 Å². The van der Waals surface area contributed by atoms with Crippen molar-refractivity contribution < 1.29 is 0 Å². The maximum absolute atomic E-state index is 2.25. The van der Waals surface area contributed by atoms with E-state index in [9.17, 15) is 0 Å². The Hall–Kier alpha value is -0.455. The summed E-state index contributed by atoms with van der Waals surface area (Å²) in [4.78, 5) is 0. The Kier molecular flexibility index (Phi) is 2.15. The Morgan fingerprint density at radius 2 is 2.22 bits per heavy atom. The molecule has 1 rings (SSSR count). The minimum Gasteiger partial charge on any atom is -0.101 e. The molecule has 1 aliphatic rings. The van der Waals surface area contributed by atoms with E-state index in [1.807, 2.05) is 0 Å². The van der Waals surface area contributed by atoms with Gasteiger partial charge in [0.25, 0.3) is 0 Å². The van der Waals surface area contributed by atoms with Gasteiger partial charge in [-0.3, -0.25) is 0 Å². The van der Waals surface area contributed by atoms with Crippen LogP contribution in [0.15, 0.2) is 23.7 Å². The van der Waals surface area contributed by atoms with E-state index in [1.54, 1.807) is 5.47 Å². The lowest BCUT2D eigenvalue weighted by Gasteiger charge is -2.09. The smallest absolute Gasteiger partial charge is 0.101 e. The maximum Gasteiger partial charge on any atom is 0.164 e. The highest BCUT2D eigenvalue weighted by molar-refractivity contribution is 6.64. The van der Waals surface area contributed by atoms with E-state index in [4.69, 9.17) is 0 Å². The average molecular weight is 120 g/mol. The summed E-state index contributed by atoms with van der Waals surface area (Å²) in [7, 11) is 0. The molecule has 0 bridgehead atoms. The van der Waals surface area contributed by atoms with Crippen molar-refractivity contribution in [1.82, 2.24) is 0 Å². The molecule has 1 aliphatic carbocycles. The zero-order chi connectivity index (χ0) is 6.69. The van der Waals surface area contributed by atoms with Gasteiger partial charge in [-0.2, -0.15) is 0 Å².